The smallest absolute Gasteiger partial charge is 0.170 e. The quantitative estimate of drug-likeness (QED) is 0.712. The molecule has 2 nitrogen and oxygen atoms in total. The molecular weight excluding hydrogens is 159 g/mol. The summed E-state index contributed by atoms with van der Waals surface area (Å²) in [5.41, 5.74) is 0.150. The number of halogens is 1. The number of aliphatic hydroxyl groups is 1. The molecule has 0 aliphatic heterocycles. The maximum Gasteiger partial charge on any atom is 0.170 e. The highest BCUT2D eigenvalue weighted by atomic mass is 19.1. The Morgan fingerprint density at radius 2 is 2.17 bits per heavy atom. The minimum atomic E-state index is -0.836. The molecular formula is C9H11FO2. The highest BCUT2D eigenvalue weighted by molar-refractivity contribution is 5.31. The minimum absolute atomic E-state index is 0.150. The van der Waals surface area contributed by atoms with Gasteiger partial charge in [-0.2, -0.15) is 0 Å². The summed E-state index contributed by atoms with van der Waals surface area (Å²) in [4.78, 5) is 0. The standard InChI is InChI=1S/C9H11FO2/c1-2-7(11)6-4-3-5-8(12)9(6)10/h3-5,7,11-12H,2H2,1H3. The van der Waals surface area contributed by atoms with Gasteiger partial charge in [-0.05, 0) is 12.5 Å². The van der Waals surface area contributed by atoms with Gasteiger partial charge in [-0.25, -0.2) is 4.39 Å². The van der Waals surface area contributed by atoms with E-state index in [1.807, 2.05) is 0 Å². The number of hydrogen-bond donors (Lipinski definition) is 2. The van der Waals surface area contributed by atoms with Crippen LogP contribution in [0.5, 0.6) is 5.75 Å². The molecule has 0 spiro atoms. The average Bonchev–Trinajstić information content (AvgIpc) is 2.08. The van der Waals surface area contributed by atoms with Gasteiger partial charge < -0.3 is 10.2 Å². The van der Waals surface area contributed by atoms with E-state index in [4.69, 9.17) is 5.11 Å². The number of aromatic hydroxyl groups is 1. The Labute approximate surface area is 70.3 Å². The SMILES string of the molecule is CCC(O)c1cccc(O)c1F. The summed E-state index contributed by atoms with van der Waals surface area (Å²) >= 11 is 0. The predicted molar refractivity (Wildman–Crippen MR) is 43.3 cm³/mol. The molecule has 1 unspecified atom stereocenters. The number of aliphatic hydroxyl groups excluding tert-OH is 1. The molecule has 0 heterocycles. The normalized spacial score (nSPS) is 12.9. The number of hydrogen-bond acceptors (Lipinski definition) is 2. The van der Waals surface area contributed by atoms with Crippen LogP contribution in [-0.2, 0) is 0 Å². The summed E-state index contributed by atoms with van der Waals surface area (Å²) in [6, 6.07) is 4.22. The summed E-state index contributed by atoms with van der Waals surface area (Å²) in [5, 5.41) is 18.2. The molecule has 0 bridgehead atoms. The lowest BCUT2D eigenvalue weighted by atomic mass is 10.1. The second-order valence-electron chi connectivity index (χ2n) is 2.60. The molecule has 1 aromatic rings. The lowest BCUT2D eigenvalue weighted by Gasteiger charge is -2.09. The largest absolute Gasteiger partial charge is 0.505 e. The topological polar surface area (TPSA) is 40.5 Å². The minimum Gasteiger partial charge on any atom is -0.505 e. The van der Waals surface area contributed by atoms with Gasteiger partial charge >= 0.3 is 0 Å². The van der Waals surface area contributed by atoms with Gasteiger partial charge in [0.2, 0.25) is 0 Å². The van der Waals surface area contributed by atoms with Gasteiger partial charge in [-0.3, -0.25) is 0 Å². The number of benzene rings is 1. The Bertz CT molecular complexity index is 273. The molecule has 0 saturated carbocycles. The summed E-state index contributed by atoms with van der Waals surface area (Å²) in [5.74, 6) is -1.15. The van der Waals surface area contributed by atoms with Crippen LogP contribution in [0.15, 0.2) is 18.2 Å². The van der Waals surface area contributed by atoms with Gasteiger partial charge in [0.1, 0.15) is 0 Å². The number of phenols is 1. The molecule has 0 aromatic heterocycles. The van der Waals surface area contributed by atoms with E-state index in [9.17, 15) is 9.50 Å². The number of phenolic OH excluding ortho intramolecular Hbond substituents is 1. The van der Waals surface area contributed by atoms with Gasteiger partial charge in [-0.15, -0.1) is 0 Å². The van der Waals surface area contributed by atoms with E-state index in [1.54, 1.807) is 6.92 Å². The zero-order chi connectivity index (χ0) is 9.14. The van der Waals surface area contributed by atoms with Crippen molar-refractivity contribution in [3.63, 3.8) is 0 Å². The van der Waals surface area contributed by atoms with E-state index >= 15 is 0 Å². The highest BCUT2D eigenvalue weighted by Gasteiger charge is 2.12. The Morgan fingerprint density at radius 3 is 2.75 bits per heavy atom. The second kappa shape index (κ2) is 3.54. The van der Waals surface area contributed by atoms with Crippen LogP contribution in [0, 0.1) is 5.82 Å². The summed E-state index contributed by atoms with van der Waals surface area (Å²) in [6.07, 6.45) is -0.405. The van der Waals surface area contributed by atoms with E-state index in [0.29, 0.717) is 6.42 Å². The fourth-order valence-electron chi connectivity index (χ4n) is 1.01. The Morgan fingerprint density at radius 1 is 1.50 bits per heavy atom. The van der Waals surface area contributed by atoms with Gasteiger partial charge in [-0.1, -0.05) is 19.1 Å². The zero-order valence-electron chi connectivity index (χ0n) is 6.79. The summed E-state index contributed by atoms with van der Waals surface area (Å²) in [7, 11) is 0. The third-order valence-electron chi connectivity index (χ3n) is 1.75. The van der Waals surface area contributed by atoms with Crippen molar-refractivity contribution in [2.75, 3.05) is 0 Å². The van der Waals surface area contributed by atoms with Gasteiger partial charge in [0.05, 0.1) is 6.10 Å². The molecule has 66 valence electrons. The van der Waals surface area contributed by atoms with Crippen LogP contribution < -0.4 is 0 Å². The van der Waals surface area contributed by atoms with Crippen molar-refractivity contribution < 1.29 is 14.6 Å². The van der Waals surface area contributed by atoms with Crippen molar-refractivity contribution in [3.05, 3.63) is 29.6 Å². The Hall–Kier alpha value is -1.09. The fraction of sp³-hybridized carbons (Fsp3) is 0.333. The summed E-state index contributed by atoms with van der Waals surface area (Å²) in [6.45, 7) is 1.74. The van der Waals surface area contributed by atoms with Crippen molar-refractivity contribution in [3.8, 4) is 5.75 Å². The first-order valence-electron chi connectivity index (χ1n) is 3.82. The fourth-order valence-corrected chi connectivity index (χ4v) is 1.01. The monoisotopic (exact) mass is 170 g/mol. The molecule has 0 saturated heterocycles. The van der Waals surface area contributed by atoms with Crippen molar-refractivity contribution in [1.29, 1.82) is 0 Å². The van der Waals surface area contributed by atoms with Crippen LogP contribution in [-0.4, -0.2) is 10.2 Å². The molecule has 0 amide bonds. The molecule has 1 rings (SSSR count). The van der Waals surface area contributed by atoms with Crippen LogP contribution in [0.1, 0.15) is 25.0 Å². The molecule has 0 aliphatic carbocycles. The molecule has 3 heteroatoms. The lowest BCUT2D eigenvalue weighted by Crippen LogP contribution is -1.98. The molecule has 12 heavy (non-hydrogen) atoms. The zero-order valence-corrected chi connectivity index (χ0v) is 6.79. The van der Waals surface area contributed by atoms with E-state index < -0.39 is 17.7 Å². The first-order chi connectivity index (χ1) is 5.66. The molecule has 1 atom stereocenters. The van der Waals surface area contributed by atoms with E-state index in [0.717, 1.165) is 0 Å². The van der Waals surface area contributed by atoms with Crippen molar-refractivity contribution in [2.45, 2.75) is 19.4 Å². The van der Waals surface area contributed by atoms with Crippen molar-refractivity contribution >= 4 is 0 Å². The third kappa shape index (κ3) is 1.56. The van der Waals surface area contributed by atoms with Crippen LogP contribution in [0.4, 0.5) is 4.39 Å². The first kappa shape index (κ1) is 9.00. The molecule has 1 aromatic carbocycles. The Balaban J connectivity index is 3.07. The van der Waals surface area contributed by atoms with E-state index in [1.165, 1.54) is 18.2 Å². The van der Waals surface area contributed by atoms with Crippen LogP contribution in [0.25, 0.3) is 0 Å². The van der Waals surface area contributed by atoms with Crippen LogP contribution in [0.2, 0.25) is 0 Å². The first-order valence-corrected chi connectivity index (χ1v) is 3.82. The van der Waals surface area contributed by atoms with Gasteiger partial charge in [0.25, 0.3) is 0 Å². The maximum absolute atomic E-state index is 13.0. The highest BCUT2D eigenvalue weighted by Crippen LogP contribution is 2.25. The maximum atomic E-state index is 13.0. The molecule has 0 fully saturated rings. The lowest BCUT2D eigenvalue weighted by molar-refractivity contribution is 0.168. The Kier molecular flexibility index (Phi) is 2.65. The van der Waals surface area contributed by atoms with Gasteiger partial charge in [0.15, 0.2) is 11.6 Å². The van der Waals surface area contributed by atoms with E-state index in [-0.39, 0.29) is 5.56 Å². The van der Waals surface area contributed by atoms with Crippen molar-refractivity contribution in [2.24, 2.45) is 0 Å². The predicted octanol–water partition coefficient (Wildman–Crippen LogP) is 1.97. The molecule has 0 radical (unpaired) electrons. The van der Waals surface area contributed by atoms with Crippen molar-refractivity contribution in [1.82, 2.24) is 0 Å². The summed E-state index contributed by atoms with van der Waals surface area (Å²) < 4.78 is 13.0. The third-order valence-corrected chi connectivity index (χ3v) is 1.75. The molecule has 0 aliphatic rings. The van der Waals surface area contributed by atoms with Crippen LogP contribution >= 0.6 is 0 Å². The average molecular weight is 170 g/mol. The van der Waals surface area contributed by atoms with E-state index in [2.05, 4.69) is 0 Å². The van der Waals surface area contributed by atoms with Crippen LogP contribution in [0.3, 0.4) is 0 Å². The second-order valence-corrected chi connectivity index (χ2v) is 2.60. The molecule has 2 N–H and O–H groups in total. The van der Waals surface area contributed by atoms with Gasteiger partial charge in [0, 0.05) is 5.56 Å². The number of rotatable bonds is 2.